The summed E-state index contributed by atoms with van der Waals surface area (Å²) in [5, 5.41) is 17.2. The first-order chi connectivity index (χ1) is 13.9. The standard InChI is InChI=1S/C20H22FN7O/c1-5-27-16(22-12-24-27)11-29-19-17(20(2,3)4)15-10-23-25-18(28(15)26-19)13-6-8-14(21)9-7-13/h6-10,12H,5,11H2,1-4H3. The predicted octanol–water partition coefficient (Wildman–Crippen LogP) is 3.42. The molecular formula is C20H22FN7O. The second-order valence-corrected chi connectivity index (χ2v) is 7.68. The van der Waals surface area contributed by atoms with Crippen molar-refractivity contribution in [3.05, 3.63) is 54.0 Å². The van der Waals surface area contributed by atoms with Gasteiger partial charge in [-0.25, -0.2) is 18.6 Å². The maximum absolute atomic E-state index is 13.3. The Morgan fingerprint density at radius 1 is 1.14 bits per heavy atom. The van der Waals surface area contributed by atoms with Crippen molar-refractivity contribution in [2.24, 2.45) is 0 Å². The normalized spacial score (nSPS) is 11.9. The quantitative estimate of drug-likeness (QED) is 0.515. The zero-order valence-electron chi connectivity index (χ0n) is 16.8. The van der Waals surface area contributed by atoms with E-state index in [1.807, 2.05) is 6.92 Å². The lowest BCUT2D eigenvalue weighted by Gasteiger charge is -2.18. The van der Waals surface area contributed by atoms with Gasteiger partial charge in [0.15, 0.2) is 11.6 Å². The van der Waals surface area contributed by atoms with Gasteiger partial charge in [-0.3, -0.25) is 0 Å². The van der Waals surface area contributed by atoms with E-state index in [9.17, 15) is 4.39 Å². The first kappa shape index (κ1) is 19.0. The number of aromatic nitrogens is 7. The molecule has 150 valence electrons. The van der Waals surface area contributed by atoms with Crippen molar-refractivity contribution in [3.63, 3.8) is 0 Å². The van der Waals surface area contributed by atoms with Gasteiger partial charge in [0.25, 0.3) is 0 Å². The Bertz CT molecular complexity index is 1140. The largest absolute Gasteiger partial charge is 0.468 e. The molecule has 0 atom stereocenters. The lowest BCUT2D eigenvalue weighted by Crippen LogP contribution is -2.14. The minimum Gasteiger partial charge on any atom is -0.468 e. The number of ether oxygens (including phenoxy) is 1. The SMILES string of the molecule is CCn1ncnc1COc1nn2c(-c3ccc(F)cc3)nncc2c1C(C)(C)C. The number of fused-ring (bicyclic) bond motifs is 1. The van der Waals surface area contributed by atoms with Crippen molar-refractivity contribution in [3.8, 4) is 17.3 Å². The maximum Gasteiger partial charge on any atom is 0.238 e. The Balaban J connectivity index is 1.81. The molecule has 3 heterocycles. The summed E-state index contributed by atoms with van der Waals surface area (Å²) in [7, 11) is 0. The molecule has 9 heteroatoms. The first-order valence-electron chi connectivity index (χ1n) is 9.38. The van der Waals surface area contributed by atoms with Gasteiger partial charge in [-0.2, -0.15) is 10.2 Å². The van der Waals surface area contributed by atoms with Crippen molar-refractivity contribution in [1.29, 1.82) is 0 Å². The molecule has 4 aromatic rings. The highest BCUT2D eigenvalue weighted by molar-refractivity contribution is 5.66. The summed E-state index contributed by atoms with van der Waals surface area (Å²) >= 11 is 0. The highest BCUT2D eigenvalue weighted by Gasteiger charge is 2.28. The van der Waals surface area contributed by atoms with E-state index in [0.29, 0.717) is 23.8 Å². The smallest absolute Gasteiger partial charge is 0.238 e. The topological polar surface area (TPSA) is 83.0 Å². The zero-order chi connectivity index (χ0) is 20.6. The second kappa shape index (κ2) is 7.23. The summed E-state index contributed by atoms with van der Waals surface area (Å²) in [5.74, 6) is 1.41. The molecule has 0 aliphatic rings. The van der Waals surface area contributed by atoms with Crippen LogP contribution in [0.5, 0.6) is 5.88 Å². The van der Waals surface area contributed by atoms with E-state index in [2.05, 4.69) is 46.1 Å². The molecule has 0 amide bonds. The highest BCUT2D eigenvalue weighted by atomic mass is 19.1. The summed E-state index contributed by atoms with van der Waals surface area (Å²) in [6.45, 7) is 9.21. The van der Waals surface area contributed by atoms with Gasteiger partial charge in [-0.1, -0.05) is 20.8 Å². The monoisotopic (exact) mass is 395 g/mol. The van der Waals surface area contributed by atoms with Crippen molar-refractivity contribution in [2.45, 2.75) is 46.3 Å². The Morgan fingerprint density at radius 3 is 2.59 bits per heavy atom. The van der Waals surface area contributed by atoms with E-state index in [1.54, 1.807) is 27.5 Å². The molecule has 1 aromatic carbocycles. The number of aryl methyl sites for hydroxylation is 1. The van der Waals surface area contributed by atoms with E-state index < -0.39 is 0 Å². The molecule has 29 heavy (non-hydrogen) atoms. The highest BCUT2D eigenvalue weighted by Crippen LogP contribution is 2.36. The Hall–Kier alpha value is -3.36. The van der Waals surface area contributed by atoms with Gasteiger partial charge in [-0.05, 0) is 36.6 Å². The number of hydrogen-bond acceptors (Lipinski definition) is 6. The van der Waals surface area contributed by atoms with Crippen molar-refractivity contribution < 1.29 is 9.13 Å². The number of hydrogen-bond donors (Lipinski definition) is 0. The average molecular weight is 395 g/mol. The van der Waals surface area contributed by atoms with Gasteiger partial charge in [0, 0.05) is 17.7 Å². The minimum atomic E-state index is -0.311. The Labute approximate surface area is 167 Å². The van der Waals surface area contributed by atoms with Crippen LogP contribution >= 0.6 is 0 Å². The van der Waals surface area contributed by atoms with Crippen LogP contribution < -0.4 is 4.74 Å². The number of halogens is 1. The molecule has 0 aliphatic heterocycles. The third-order valence-electron chi connectivity index (χ3n) is 4.61. The molecule has 0 saturated carbocycles. The van der Waals surface area contributed by atoms with Crippen LogP contribution in [-0.4, -0.2) is 34.6 Å². The van der Waals surface area contributed by atoms with E-state index in [-0.39, 0.29) is 17.8 Å². The number of nitrogens with zero attached hydrogens (tertiary/aromatic N) is 7. The van der Waals surface area contributed by atoms with E-state index >= 15 is 0 Å². The molecule has 0 saturated heterocycles. The summed E-state index contributed by atoms with van der Waals surface area (Å²) in [5.41, 5.74) is 2.17. The molecule has 0 fully saturated rings. The van der Waals surface area contributed by atoms with E-state index in [4.69, 9.17) is 4.74 Å². The summed E-state index contributed by atoms with van der Waals surface area (Å²) in [6, 6.07) is 6.08. The summed E-state index contributed by atoms with van der Waals surface area (Å²) in [4.78, 5) is 4.25. The zero-order valence-corrected chi connectivity index (χ0v) is 16.8. The third-order valence-corrected chi connectivity index (χ3v) is 4.61. The van der Waals surface area contributed by atoms with Gasteiger partial charge in [0.1, 0.15) is 18.8 Å². The molecule has 4 rings (SSSR count). The lowest BCUT2D eigenvalue weighted by molar-refractivity contribution is 0.268. The molecule has 0 radical (unpaired) electrons. The number of rotatable bonds is 5. The Morgan fingerprint density at radius 2 is 1.90 bits per heavy atom. The average Bonchev–Trinajstić information content (AvgIpc) is 3.30. The predicted molar refractivity (Wildman–Crippen MR) is 105 cm³/mol. The fourth-order valence-corrected chi connectivity index (χ4v) is 3.25. The van der Waals surface area contributed by atoms with Crippen molar-refractivity contribution in [2.75, 3.05) is 0 Å². The fourth-order valence-electron chi connectivity index (χ4n) is 3.25. The molecular weight excluding hydrogens is 373 g/mol. The lowest BCUT2D eigenvalue weighted by atomic mass is 9.88. The van der Waals surface area contributed by atoms with E-state index in [1.165, 1.54) is 18.5 Å². The van der Waals surface area contributed by atoms with Crippen LogP contribution in [0, 0.1) is 5.82 Å². The van der Waals surface area contributed by atoms with Gasteiger partial charge < -0.3 is 4.74 Å². The van der Waals surface area contributed by atoms with Gasteiger partial charge in [0.05, 0.1) is 11.7 Å². The van der Waals surface area contributed by atoms with Gasteiger partial charge in [0.2, 0.25) is 5.88 Å². The van der Waals surface area contributed by atoms with Gasteiger partial charge in [-0.15, -0.1) is 10.2 Å². The number of benzene rings is 1. The van der Waals surface area contributed by atoms with Gasteiger partial charge >= 0.3 is 0 Å². The molecule has 0 aliphatic carbocycles. The van der Waals surface area contributed by atoms with Crippen LogP contribution in [0.15, 0.2) is 36.8 Å². The van der Waals surface area contributed by atoms with E-state index in [0.717, 1.165) is 16.9 Å². The third kappa shape index (κ3) is 3.55. The molecule has 3 aromatic heterocycles. The Kier molecular flexibility index (Phi) is 4.73. The summed E-state index contributed by atoms with van der Waals surface area (Å²) in [6.07, 6.45) is 3.18. The first-order valence-corrected chi connectivity index (χ1v) is 9.38. The van der Waals surface area contributed by atoms with Crippen molar-refractivity contribution >= 4 is 5.52 Å². The van der Waals surface area contributed by atoms with Crippen LogP contribution in [0.4, 0.5) is 4.39 Å². The molecule has 0 N–H and O–H groups in total. The van der Waals surface area contributed by atoms with Crippen LogP contribution in [0.2, 0.25) is 0 Å². The molecule has 0 spiro atoms. The molecule has 0 bridgehead atoms. The van der Waals surface area contributed by atoms with Crippen LogP contribution in [-0.2, 0) is 18.6 Å². The minimum absolute atomic E-state index is 0.244. The van der Waals surface area contributed by atoms with Crippen molar-refractivity contribution in [1.82, 2.24) is 34.6 Å². The molecule has 0 unspecified atom stereocenters. The van der Waals surface area contributed by atoms with Crippen LogP contribution in [0.1, 0.15) is 39.1 Å². The second-order valence-electron chi connectivity index (χ2n) is 7.68. The van der Waals surface area contributed by atoms with Crippen LogP contribution in [0.25, 0.3) is 16.9 Å². The summed E-state index contributed by atoms with van der Waals surface area (Å²) < 4.78 is 22.9. The maximum atomic E-state index is 13.3. The van der Waals surface area contributed by atoms with Crippen LogP contribution in [0.3, 0.4) is 0 Å². The molecule has 8 nitrogen and oxygen atoms in total. The fraction of sp³-hybridized carbons (Fsp3) is 0.350.